The molecular formula is C20H20N2O4. The second-order valence-corrected chi connectivity index (χ2v) is 6.38. The van der Waals surface area contributed by atoms with Gasteiger partial charge in [0.2, 0.25) is 0 Å². The Kier molecular flexibility index (Phi) is 4.03. The minimum atomic E-state index is -0.374. The van der Waals surface area contributed by atoms with Crippen molar-refractivity contribution in [3.8, 4) is 11.5 Å². The molecule has 0 spiro atoms. The second kappa shape index (κ2) is 6.37. The van der Waals surface area contributed by atoms with Crippen LogP contribution in [0.15, 0.2) is 36.4 Å². The molecule has 0 bridgehead atoms. The Morgan fingerprint density at radius 1 is 1.08 bits per heavy atom. The molecular weight excluding hydrogens is 332 g/mol. The van der Waals surface area contributed by atoms with Crippen LogP contribution in [0.1, 0.15) is 40.0 Å². The number of H-pyrrole nitrogens is 1. The summed E-state index contributed by atoms with van der Waals surface area (Å²) in [5.41, 5.74) is 3.19. The number of esters is 1. The van der Waals surface area contributed by atoms with Crippen molar-refractivity contribution in [2.75, 3.05) is 21.3 Å². The molecule has 1 aliphatic rings. The van der Waals surface area contributed by atoms with Gasteiger partial charge in [0.1, 0.15) is 11.3 Å². The van der Waals surface area contributed by atoms with Gasteiger partial charge in [-0.05, 0) is 42.2 Å². The molecule has 6 nitrogen and oxygen atoms in total. The van der Waals surface area contributed by atoms with E-state index < -0.39 is 0 Å². The van der Waals surface area contributed by atoms with Crippen molar-refractivity contribution in [3.63, 3.8) is 0 Å². The highest BCUT2D eigenvalue weighted by Crippen LogP contribution is 2.55. The standard InChI is InChI=1S/C20H20N2O4/c1-24-16-8-7-11(9-17(16)25-2)13-10-14(13)19-21-15-6-4-5-12(18(15)22-19)20(23)26-3/h4-9,13-14H,10H2,1-3H3,(H,21,22). The maximum atomic E-state index is 11.9. The van der Waals surface area contributed by atoms with Crippen LogP contribution < -0.4 is 9.47 Å². The molecule has 134 valence electrons. The van der Waals surface area contributed by atoms with E-state index in [9.17, 15) is 4.79 Å². The second-order valence-electron chi connectivity index (χ2n) is 6.38. The van der Waals surface area contributed by atoms with Gasteiger partial charge in [-0.1, -0.05) is 12.1 Å². The largest absolute Gasteiger partial charge is 0.493 e. The van der Waals surface area contributed by atoms with E-state index in [1.807, 2.05) is 24.3 Å². The molecule has 26 heavy (non-hydrogen) atoms. The molecule has 1 saturated carbocycles. The highest BCUT2D eigenvalue weighted by Gasteiger charge is 2.42. The van der Waals surface area contributed by atoms with E-state index in [4.69, 9.17) is 14.2 Å². The van der Waals surface area contributed by atoms with E-state index in [1.165, 1.54) is 12.7 Å². The minimum Gasteiger partial charge on any atom is -0.493 e. The Morgan fingerprint density at radius 2 is 1.88 bits per heavy atom. The Morgan fingerprint density at radius 3 is 2.62 bits per heavy atom. The molecule has 1 N–H and O–H groups in total. The molecule has 2 atom stereocenters. The molecule has 0 aliphatic heterocycles. The van der Waals surface area contributed by atoms with Gasteiger partial charge in [0, 0.05) is 5.92 Å². The lowest BCUT2D eigenvalue weighted by Crippen LogP contribution is -2.01. The average Bonchev–Trinajstić information content (AvgIpc) is 3.37. The van der Waals surface area contributed by atoms with Crippen molar-refractivity contribution in [1.82, 2.24) is 9.97 Å². The Balaban J connectivity index is 1.63. The molecule has 4 rings (SSSR count). The Hall–Kier alpha value is -3.02. The fourth-order valence-corrected chi connectivity index (χ4v) is 3.45. The van der Waals surface area contributed by atoms with E-state index in [0.29, 0.717) is 22.9 Å². The quantitative estimate of drug-likeness (QED) is 0.710. The smallest absolute Gasteiger partial charge is 0.340 e. The van der Waals surface area contributed by atoms with E-state index in [-0.39, 0.29) is 5.97 Å². The fraction of sp³-hybridized carbons (Fsp3) is 0.300. The fourth-order valence-electron chi connectivity index (χ4n) is 3.45. The number of para-hydroxylation sites is 1. The predicted molar refractivity (Wildman–Crippen MR) is 97.1 cm³/mol. The summed E-state index contributed by atoms with van der Waals surface area (Å²) in [6.07, 6.45) is 1.00. The first-order chi connectivity index (χ1) is 12.7. The molecule has 0 amide bonds. The number of aromatic nitrogens is 2. The van der Waals surface area contributed by atoms with Crippen molar-refractivity contribution in [2.45, 2.75) is 18.3 Å². The number of hydrogen-bond acceptors (Lipinski definition) is 5. The summed E-state index contributed by atoms with van der Waals surface area (Å²) in [6, 6.07) is 11.5. The van der Waals surface area contributed by atoms with Crippen molar-refractivity contribution in [3.05, 3.63) is 53.3 Å². The zero-order valence-corrected chi connectivity index (χ0v) is 14.9. The third-order valence-corrected chi connectivity index (χ3v) is 4.91. The summed E-state index contributed by atoms with van der Waals surface area (Å²) in [5, 5.41) is 0. The van der Waals surface area contributed by atoms with Gasteiger partial charge >= 0.3 is 5.97 Å². The van der Waals surface area contributed by atoms with E-state index in [0.717, 1.165) is 29.3 Å². The van der Waals surface area contributed by atoms with Gasteiger partial charge in [0.25, 0.3) is 0 Å². The van der Waals surface area contributed by atoms with Crippen LogP contribution in [0.5, 0.6) is 11.5 Å². The number of carbonyl (C=O) groups excluding carboxylic acids is 1. The number of hydrogen-bond donors (Lipinski definition) is 1. The van der Waals surface area contributed by atoms with Gasteiger partial charge in [-0.3, -0.25) is 0 Å². The topological polar surface area (TPSA) is 73.4 Å². The van der Waals surface area contributed by atoms with Crippen molar-refractivity contribution in [1.29, 1.82) is 0 Å². The predicted octanol–water partition coefficient (Wildman–Crippen LogP) is 3.64. The number of ether oxygens (including phenoxy) is 3. The summed E-state index contributed by atoms with van der Waals surface area (Å²) < 4.78 is 15.5. The van der Waals surface area contributed by atoms with Crippen LogP contribution in [-0.2, 0) is 4.74 Å². The van der Waals surface area contributed by atoms with Crippen molar-refractivity contribution < 1.29 is 19.0 Å². The lowest BCUT2D eigenvalue weighted by atomic mass is 10.1. The highest BCUT2D eigenvalue weighted by atomic mass is 16.5. The summed E-state index contributed by atoms with van der Waals surface area (Å²) in [7, 11) is 4.65. The lowest BCUT2D eigenvalue weighted by Gasteiger charge is -2.09. The molecule has 0 radical (unpaired) electrons. The molecule has 2 aromatic carbocycles. The van der Waals surface area contributed by atoms with Gasteiger partial charge in [-0.2, -0.15) is 0 Å². The third kappa shape index (κ3) is 2.67. The molecule has 1 fully saturated rings. The number of nitrogens with one attached hydrogen (secondary N) is 1. The number of aromatic amines is 1. The molecule has 1 heterocycles. The number of methoxy groups -OCH3 is 3. The molecule has 1 aromatic heterocycles. The molecule has 1 aliphatic carbocycles. The van der Waals surface area contributed by atoms with E-state index in [2.05, 4.69) is 16.0 Å². The average molecular weight is 352 g/mol. The molecule has 0 saturated heterocycles. The summed E-state index contributed by atoms with van der Waals surface area (Å²) in [6.45, 7) is 0. The van der Waals surface area contributed by atoms with E-state index >= 15 is 0 Å². The van der Waals surface area contributed by atoms with Gasteiger partial charge in [0.05, 0.1) is 32.4 Å². The maximum absolute atomic E-state index is 11.9. The first kappa shape index (κ1) is 16.4. The Bertz CT molecular complexity index is 979. The van der Waals surface area contributed by atoms with Crippen LogP contribution in [0.2, 0.25) is 0 Å². The molecule has 6 heteroatoms. The number of benzene rings is 2. The SMILES string of the molecule is COC(=O)c1cccc2[nH]c(C3CC3c3ccc(OC)c(OC)c3)nc12. The van der Waals surface area contributed by atoms with Gasteiger partial charge in [-0.25, -0.2) is 9.78 Å². The van der Waals surface area contributed by atoms with Crippen LogP contribution in [0, 0.1) is 0 Å². The zero-order chi connectivity index (χ0) is 18.3. The molecule has 3 aromatic rings. The number of nitrogens with zero attached hydrogens (tertiary/aromatic N) is 1. The number of fused-ring (bicyclic) bond motifs is 1. The van der Waals surface area contributed by atoms with Crippen LogP contribution in [0.3, 0.4) is 0 Å². The number of imidazole rings is 1. The first-order valence-corrected chi connectivity index (χ1v) is 8.45. The van der Waals surface area contributed by atoms with E-state index in [1.54, 1.807) is 20.3 Å². The first-order valence-electron chi connectivity index (χ1n) is 8.45. The van der Waals surface area contributed by atoms with Crippen LogP contribution in [0.4, 0.5) is 0 Å². The normalized spacial score (nSPS) is 18.6. The number of rotatable bonds is 5. The van der Waals surface area contributed by atoms with Gasteiger partial charge < -0.3 is 19.2 Å². The zero-order valence-electron chi connectivity index (χ0n) is 14.9. The number of carbonyl (C=O) groups is 1. The maximum Gasteiger partial charge on any atom is 0.340 e. The van der Waals surface area contributed by atoms with Crippen LogP contribution >= 0.6 is 0 Å². The molecule has 2 unspecified atom stereocenters. The lowest BCUT2D eigenvalue weighted by molar-refractivity contribution is 0.0603. The van der Waals surface area contributed by atoms with Crippen LogP contribution in [0.25, 0.3) is 11.0 Å². The summed E-state index contributed by atoms with van der Waals surface area (Å²) in [5.74, 6) is 2.65. The van der Waals surface area contributed by atoms with Crippen molar-refractivity contribution in [2.24, 2.45) is 0 Å². The van der Waals surface area contributed by atoms with Crippen molar-refractivity contribution >= 4 is 17.0 Å². The minimum absolute atomic E-state index is 0.297. The highest BCUT2D eigenvalue weighted by molar-refractivity contribution is 6.01. The van der Waals surface area contributed by atoms with Gasteiger partial charge in [-0.15, -0.1) is 0 Å². The van der Waals surface area contributed by atoms with Crippen LogP contribution in [-0.4, -0.2) is 37.3 Å². The van der Waals surface area contributed by atoms with Gasteiger partial charge in [0.15, 0.2) is 11.5 Å². The monoisotopic (exact) mass is 352 g/mol. The third-order valence-electron chi connectivity index (χ3n) is 4.91. The Labute approximate surface area is 151 Å². The summed E-state index contributed by atoms with van der Waals surface area (Å²) in [4.78, 5) is 20.0. The summed E-state index contributed by atoms with van der Waals surface area (Å²) >= 11 is 0.